The predicted octanol–water partition coefficient (Wildman–Crippen LogP) is 2.48. The molecular formula is C18H28N2O3S. The van der Waals surface area contributed by atoms with E-state index in [2.05, 4.69) is 19.2 Å². The number of carbonyl (C=O) groups is 1. The Kier molecular flexibility index (Phi) is 6.04. The highest BCUT2D eigenvalue weighted by Crippen LogP contribution is 2.25. The van der Waals surface area contributed by atoms with Crippen LogP contribution >= 0.6 is 0 Å². The van der Waals surface area contributed by atoms with E-state index in [9.17, 15) is 13.2 Å². The maximum absolute atomic E-state index is 12.8. The zero-order chi connectivity index (χ0) is 17.9. The molecule has 0 aromatic heterocycles. The zero-order valence-corrected chi connectivity index (χ0v) is 15.8. The molecule has 134 valence electrons. The highest BCUT2D eigenvalue weighted by atomic mass is 32.2. The second-order valence-corrected chi connectivity index (χ2v) is 9.00. The van der Waals surface area contributed by atoms with E-state index in [1.165, 1.54) is 4.31 Å². The van der Waals surface area contributed by atoms with Gasteiger partial charge in [-0.15, -0.1) is 0 Å². The van der Waals surface area contributed by atoms with Crippen LogP contribution in [0.2, 0.25) is 0 Å². The van der Waals surface area contributed by atoms with Gasteiger partial charge >= 0.3 is 0 Å². The summed E-state index contributed by atoms with van der Waals surface area (Å²) in [6, 6.07) is 5.24. The molecule has 1 saturated heterocycles. The topological polar surface area (TPSA) is 66.5 Å². The molecule has 0 unspecified atom stereocenters. The average Bonchev–Trinajstić information content (AvgIpc) is 2.55. The number of rotatable bonds is 5. The van der Waals surface area contributed by atoms with Gasteiger partial charge in [-0.2, -0.15) is 4.31 Å². The first kappa shape index (κ1) is 18.9. The van der Waals surface area contributed by atoms with Gasteiger partial charge < -0.3 is 5.32 Å². The maximum atomic E-state index is 12.8. The van der Waals surface area contributed by atoms with E-state index in [4.69, 9.17) is 0 Å². The molecule has 1 heterocycles. The van der Waals surface area contributed by atoms with Crippen LogP contribution < -0.4 is 5.32 Å². The predicted molar refractivity (Wildman–Crippen MR) is 95.2 cm³/mol. The number of carbonyl (C=O) groups excluding carboxylic acids is 1. The number of nitrogens with zero attached hydrogens (tertiary/aromatic N) is 1. The molecule has 5 nitrogen and oxygen atoms in total. The maximum Gasteiger partial charge on any atom is 0.243 e. The molecule has 0 spiro atoms. The molecule has 1 aliphatic rings. The van der Waals surface area contributed by atoms with Crippen molar-refractivity contribution < 1.29 is 13.2 Å². The lowest BCUT2D eigenvalue weighted by atomic mass is 9.97. The van der Waals surface area contributed by atoms with Gasteiger partial charge in [0.25, 0.3) is 0 Å². The summed E-state index contributed by atoms with van der Waals surface area (Å²) >= 11 is 0. The minimum absolute atomic E-state index is 0.0481. The van der Waals surface area contributed by atoms with E-state index in [1.807, 2.05) is 19.9 Å². The molecule has 0 saturated carbocycles. The first-order valence-electron chi connectivity index (χ1n) is 8.57. The molecule has 1 N–H and O–H groups in total. The number of sulfonamides is 1. The third-order valence-corrected chi connectivity index (χ3v) is 6.52. The van der Waals surface area contributed by atoms with Crippen LogP contribution in [0, 0.1) is 25.7 Å². The van der Waals surface area contributed by atoms with Crippen molar-refractivity contribution in [3.05, 3.63) is 29.3 Å². The Bertz CT molecular complexity index is 690. The lowest BCUT2D eigenvalue weighted by Gasteiger charge is -2.30. The molecule has 1 aliphatic heterocycles. The van der Waals surface area contributed by atoms with Crippen LogP contribution in [-0.4, -0.2) is 38.3 Å². The van der Waals surface area contributed by atoms with Crippen molar-refractivity contribution in [2.45, 2.75) is 45.4 Å². The number of amides is 1. The molecule has 24 heavy (non-hydrogen) atoms. The third-order valence-electron chi connectivity index (χ3n) is 4.63. The Labute approximate surface area is 145 Å². The van der Waals surface area contributed by atoms with Crippen molar-refractivity contribution in [1.82, 2.24) is 9.62 Å². The van der Waals surface area contributed by atoms with Crippen LogP contribution in [0.25, 0.3) is 0 Å². The van der Waals surface area contributed by atoms with Crippen LogP contribution in [0.5, 0.6) is 0 Å². The highest BCUT2D eigenvalue weighted by molar-refractivity contribution is 7.89. The Morgan fingerprint density at radius 2 is 1.83 bits per heavy atom. The zero-order valence-electron chi connectivity index (χ0n) is 15.0. The number of benzene rings is 1. The second-order valence-electron chi connectivity index (χ2n) is 7.06. The fraction of sp³-hybridized carbons (Fsp3) is 0.611. The largest absolute Gasteiger partial charge is 0.356 e. The Balaban J connectivity index is 2.00. The molecule has 0 bridgehead atoms. The molecule has 6 heteroatoms. The number of piperidine rings is 1. The molecule has 1 fully saturated rings. The van der Waals surface area contributed by atoms with E-state index < -0.39 is 10.0 Å². The van der Waals surface area contributed by atoms with Crippen LogP contribution in [0.15, 0.2) is 23.1 Å². The van der Waals surface area contributed by atoms with Gasteiger partial charge in [-0.1, -0.05) is 19.9 Å². The van der Waals surface area contributed by atoms with Gasteiger partial charge in [-0.25, -0.2) is 8.42 Å². The molecule has 1 aromatic rings. The number of nitrogens with one attached hydrogen (secondary N) is 1. The van der Waals surface area contributed by atoms with Gasteiger partial charge in [0.2, 0.25) is 15.9 Å². The molecule has 0 atom stereocenters. The molecule has 1 amide bonds. The standard InChI is InChI=1S/C18H28N2O3S/c1-13(2)12-19-18(21)16-7-9-20(10-8-16)24(22,23)17-6-5-14(3)15(4)11-17/h5-6,11,13,16H,7-10,12H2,1-4H3,(H,19,21). The number of hydrogen-bond donors (Lipinski definition) is 1. The van der Waals surface area contributed by atoms with Crippen LogP contribution in [-0.2, 0) is 14.8 Å². The lowest BCUT2D eigenvalue weighted by molar-refractivity contribution is -0.126. The molecule has 0 aliphatic carbocycles. The second kappa shape index (κ2) is 7.66. The monoisotopic (exact) mass is 352 g/mol. The van der Waals surface area contributed by atoms with Gasteiger partial charge in [0.15, 0.2) is 0 Å². The fourth-order valence-corrected chi connectivity index (χ4v) is 4.39. The van der Waals surface area contributed by atoms with E-state index in [-0.39, 0.29) is 11.8 Å². The Morgan fingerprint density at radius 3 is 2.38 bits per heavy atom. The summed E-state index contributed by atoms with van der Waals surface area (Å²) in [5, 5.41) is 2.94. The fourth-order valence-electron chi connectivity index (χ4n) is 2.83. The van der Waals surface area contributed by atoms with Crippen molar-refractivity contribution in [3.63, 3.8) is 0 Å². The van der Waals surface area contributed by atoms with Crippen molar-refractivity contribution >= 4 is 15.9 Å². The van der Waals surface area contributed by atoms with E-state index in [0.29, 0.717) is 43.3 Å². The van der Waals surface area contributed by atoms with Crippen molar-refractivity contribution in [2.75, 3.05) is 19.6 Å². The highest BCUT2D eigenvalue weighted by Gasteiger charge is 2.32. The van der Waals surface area contributed by atoms with E-state index in [0.717, 1.165) is 11.1 Å². The van der Waals surface area contributed by atoms with Gasteiger partial charge in [-0.3, -0.25) is 4.79 Å². The van der Waals surface area contributed by atoms with Crippen molar-refractivity contribution in [2.24, 2.45) is 11.8 Å². The number of aryl methyl sites for hydroxylation is 2. The van der Waals surface area contributed by atoms with Crippen LogP contribution in [0.3, 0.4) is 0 Å². The summed E-state index contributed by atoms with van der Waals surface area (Å²) in [4.78, 5) is 12.5. The summed E-state index contributed by atoms with van der Waals surface area (Å²) in [6.07, 6.45) is 1.15. The van der Waals surface area contributed by atoms with E-state index in [1.54, 1.807) is 12.1 Å². The minimum atomic E-state index is -3.47. The third kappa shape index (κ3) is 4.36. The molecule has 2 rings (SSSR count). The summed E-state index contributed by atoms with van der Waals surface area (Å²) < 4.78 is 27.0. The number of hydrogen-bond acceptors (Lipinski definition) is 3. The van der Waals surface area contributed by atoms with Crippen molar-refractivity contribution in [1.29, 1.82) is 0 Å². The molecular weight excluding hydrogens is 324 g/mol. The quantitative estimate of drug-likeness (QED) is 0.885. The van der Waals surface area contributed by atoms with Crippen molar-refractivity contribution in [3.8, 4) is 0 Å². The first-order valence-corrected chi connectivity index (χ1v) is 10.0. The normalized spacial score (nSPS) is 17.2. The first-order chi connectivity index (χ1) is 11.2. The summed E-state index contributed by atoms with van der Waals surface area (Å²) in [7, 11) is -3.47. The smallest absolute Gasteiger partial charge is 0.243 e. The minimum Gasteiger partial charge on any atom is -0.356 e. The van der Waals surface area contributed by atoms with E-state index >= 15 is 0 Å². The Hall–Kier alpha value is -1.40. The summed E-state index contributed by atoms with van der Waals surface area (Å²) in [5.41, 5.74) is 2.05. The average molecular weight is 353 g/mol. The van der Waals surface area contributed by atoms with Crippen LogP contribution in [0.4, 0.5) is 0 Å². The van der Waals surface area contributed by atoms with Gasteiger partial charge in [0, 0.05) is 25.6 Å². The van der Waals surface area contributed by atoms with Gasteiger partial charge in [0.1, 0.15) is 0 Å². The molecule has 1 aromatic carbocycles. The summed E-state index contributed by atoms with van der Waals surface area (Å²) in [5.74, 6) is 0.376. The van der Waals surface area contributed by atoms with Crippen LogP contribution in [0.1, 0.15) is 37.8 Å². The summed E-state index contributed by atoms with van der Waals surface area (Å²) in [6.45, 7) is 9.45. The molecule has 0 radical (unpaired) electrons. The lowest BCUT2D eigenvalue weighted by Crippen LogP contribution is -2.43. The Morgan fingerprint density at radius 1 is 1.21 bits per heavy atom. The van der Waals surface area contributed by atoms with Gasteiger partial charge in [-0.05, 0) is 55.9 Å². The van der Waals surface area contributed by atoms with Gasteiger partial charge in [0.05, 0.1) is 4.90 Å². The SMILES string of the molecule is Cc1ccc(S(=O)(=O)N2CCC(C(=O)NCC(C)C)CC2)cc1C.